The molecule has 1 aromatic heterocycles. The Morgan fingerprint density at radius 2 is 1.66 bits per heavy atom. The first kappa shape index (κ1) is 27.6. The van der Waals surface area contributed by atoms with Crippen molar-refractivity contribution in [1.82, 2.24) is 0 Å². The number of aromatic carboxylic acids is 1. The van der Waals surface area contributed by atoms with E-state index in [2.05, 4.69) is 0 Å². The number of rotatable bonds is 11. The van der Waals surface area contributed by atoms with Crippen LogP contribution in [0.25, 0.3) is 17.2 Å². The van der Waals surface area contributed by atoms with E-state index >= 15 is 0 Å². The standard InChI is InChI=1S/C31H26O9S/c1-36-24-8-7-18(12-26(24)38-16-19-5-3-4-6-23(19)31(34)35)22-9-10-41-29(22)14-21(30(32)33)11-20-13-27-28(40-17-39-27)15-25(20)37-2/h3-10,12-15H,11,16-17H2,1-2H3,(H,32,33)(H,34,35)/b21-14+. The maximum Gasteiger partial charge on any atom is 0.336 e. The summed E-state index contributed by atoms with van der Waals surface area (Å²) in [6, 6.07) is 17.4. The molecule has 1 aliphatic rings. The summed E-state index contributed by atoms with van der Waals surface area (Å²) in [5.74, 6) is 0.418. The van der Waals surface area contributed by atoms with Gasteiger partial charge in [0.25, 0.3) is 0 Å². The molecule has 2 N–H and O–H groups in total. The number of carboxylic acids is 2. The average molecular weight is 575 g/mol. The Balaban J connectivity index is 1.45. The van der Waals surface area contributed by atoms with Crippen LogP contribution in [-0.4, -0.2) is 43.2 Å². The van der Waals surface area contributed by atoms with Gasteiger partial charge in [0.05, 0.1) is 19.8 Å². The Hall–Kier alpha value is -4.96. The normalized spacial score (nSPS) is 12.2. The zero-order valence-corrected chi connectivity index (χ0v) is 23.0. The van der Waals surface area contributed by atoms with E-state index in [-0.39, 0.29) is 31.0 Å². The highest BCUT2D eigenvalue weighted by Crippen LogP contribution is 2.40. The number of methoxy groups -OCH3 is 2. The van der Waals surface area contributed by atoms with Gasteiger partial charge in [0.2, 0.25) is 6.79 Å². The van der Waals surface area contributed by atoms with Crippen LogP contribution in [0.5, 0.6) is 28.7 Å². The van der Waals surface area contributed by atoms with Crippen LogP contribution in [0.4, 0.5) is 0 Å². The first-order chi connectivity index (χ1) is 19.9. The monoisotopic (exact) mass is 574 g/mol. The van der Waals surface area contributed by atoms with Gasteiger partial charge in [0.15, 0.2) is 23.0 Å². The van der Waals surface area contributed by atoms with Crippen LogP contribution < -0.4 is 23.7 Å². The lowest BCUT2D eigenvalue weighted by Gasteiger charge is -2.14. The number of hydrogen-bond donors (Lipinski definition) is 2. The maximum absolute atomic E-state index is 12.3. The van der Waals surface area contributed by atoms with E-state index in [1.165, 1.54) is 31.6 Å². The minimum atomic E-state index is -1.06. The largest absolute Gasteiger partial charge is 0.496 e. The average Bonchev–Trinajstić information content (AvgIpc) is 3.64. The molecule has 0 saturated carbocycles. The molecule has 10 heteroatoms. The van der Waals surface area contributed by atoms with Crippen molar-refractivity contribution in [3.8, 4) is 39.9 Å². The van der Waals surface area contributed by atoms with Crippen molar-refractivity contribution < 1.29 is 43.5 Å². The van der Waals surface area contributed by atoms with E-state index < -0.39 is 11.9 Å². The molecule has 0 atom stereocenters. The van der Waals surface area contributed by atoms with Crippen molar-refractivity contribution in [2.45, 2.75) is 13.0 Å². The molecular weight excluding hydrogens is 548 g/mol. The number of benzene rings is 3. The fourth-order valence-corrected chi connectivity index (χ4v) is 5.36. The van der Waals surface area contributed by atoms with Gasteiger partial charge in [-0.2, -0.15) is 0 Å². The van der Waals surface area contributed by atoms with Crippen molar-refractivity contribution in [3.05, 3.63) is 93.2 Å². The van der Waals surface area contributed by atoms with E-state index in [0.29, 0.717) is 39.9 Å². The molecule has 41 heavy (non-hydrogen) atoms. The van der Waals surface area contributed by atoms with Gasteiger partial charge < -0.3 is 33.9 Å². The molecular formula is C31H26O9S. The van der Waals surface area contributed by atoms with Gasteiger partial charge in [-0.1, -0.05) is 24.3 Å². The van der Waals surface area contributed by atoms with Crippen molar-refractivity contribution in [1.29, 1.82) is 0 Å². The Morgan fingerprint density at radius 1 is 0.902 bits per heavy atom. The molecule has 0 amide bonds. The van der Waals surface area contributed by atoms with E-state index in [0.717, 1.165) is 16.0 Å². The SMILES string of the molecule is COc1cc2c(cc1C/C(=C\c1sccc1-c1ccc(OC)c(OCc3ccccc3C(=O)O)c1)C(=O)O)OCO2. The third-order valence-corrected chi connectivity index (χ3v) is 7.40. The predicted molar refractivity (Wildman–Crippen MR) is 152 cm³/mol. The van der Waals surface area contributed by atoms with E-state index in [1.54, 1.807) is 48.5 Å². The van der Waals surface area contributed by atoms with Crippen LogP contribution in [0.15, 0.2) is 71.6 Å². The summed E-state index contributed by atoms with van der Waals surface area (Å²) >= 11 is 1.41. The van der Waals surface area contributed by atoms with Crippen molar-refractivity contribution in [2.24, 2.45) is 0 Å². The molecule has 3 aromatic carbocycles. The minimum absolute atomic E-state index is 0.0270. The minimum Gasteiger partial charge on any atom is -0.496 e. The van der Waals surface area contributed by atoms with Crippen LogP contribution >= 0.6 is 11.3 Å². The summed E-state index contributed by atoms with van der Waals surface area (Å²) in [6.45, 7) is 0.126. The first-order valence-electron chi connectivity index (χ1n) is 12.5. The zero-order chi connectivity index (χ0) is 28.9. The molecule has 4 aromatic rings. The second-order valence-corrected chi connectivity index (χ2v) is 9.93. The number of thiophene rings is 1. The summed E-state index contributed by atoms with van der Waals surface area (Å²) in [7, 11) is 3.04. The summed E-state index contributed by atoms with van der Waals surface area (Å²) in [6.07, 6.45) is 1.76. The van der Waals surface area contributed by atoms with Crippen LogP contribution in [0.2, 0.25) is 0 Å². The lowest BCUT2D eigenvalue weighted by molar-refractivity contribution is -0.132. The molecule has 0 bridgehead atoms. The smallest absolute Gasteiger partial charge is 0.336 e. The third-order valence-electron chi connectivity index (χ3n) is 6.54. The Kier molecular flexibility index (Phi) is 8.11. The van der Waals surface area contributed by atoms with Gasteiger partial charge in [-0.3, -0.25) is 0 Å². The molecule has 5 rings (SSSR count). The zero-order valence-electron chi connectivity index (χ0n) is 22.2. The molecule has 0 aliphatic carbocycles. The van der Waals surface area contributed by atoms with E-state index in [1.807, 2.05) is 17.5 Å². The summed E-state index contributed by atoms with van der Waals surface area (Å²) < 4.78 is 27.8. The van der Waals surface area contributed by atoms with Gasteiger partial charge >= 0.3 is 11.9 Å². The van der Waals surface area contributed by atoms with Gasteiger partial charge in [-0.25, -0.2) is 9.59 Å². The number of aliphatic carboxylic acids is 1. The highest BCUT2D eigenvalue weighted by atomic mass is 32.1. The number of hydrogen-bond acceptors (Lipinski definition) is 8. The van der Waals surface area contributed by atoms with Crippen LogP contribution in [0.3, 0.4) is 0 Å². The fourth-order valence-electron chi connectivity index (χ4n) is 4.48. The quantitative estimate of drug-likeness (QED) is 0.203. The number of carboxylic acid groups (broad SMARTS) is 2. The molecule has 0 fully saturated rings. The topological polar surface area (TPSA) is 121 Å². The molecule has 0 saturated heterocycles. The molecule has 9 nitrogen and oxygen atoms in total. The Morgan fingerprint density at radius 3 is 2.39 bits per heavy atom. The number of fused-ring (bicyclic) bond motifs is 1. The molecule has 1 aliphatic heterocycles. The van der Waals surface area contributed by atoms with E-state index in [9.17, 15) is 19.8 Å². The Labute approximate surface area is 239 Å². The Bertz CT molecular complexity index is 1640. The van der Waals surface area contributed by atoms with Gasteiger partial charge in [-0.15, -0.1) is 11.3 Å². The number of carbonyl (C=O) groups is 2. The van der Waals surface area contributed by atoms with Crippen LogP contribution in [0.1, 0.15) is 26.4 Å². The first-order valence-corrected chi connectivity index (χ1v) is 13.4. The highest BCUT2D eigenvalue weighted by Gasteiger charge is 2.21. The number of ether oxygens (including phenoxy) is 5. The van der Waals surface area contributed by atoms with Crippen LogP contribution in [0, 0.1) is 0 Å². The molecule has 0 spiro atoms. The van der Waals surface area contributed by atoms with Gasteiger partial charge in [0.1, 0.15) is 12.4 Å². The van der Waals surface area contributed by atoms with Crippen molar-refractivity contribution in [2.75, 3.05) is 21.0 Å². The summed E-state index contributed by atoms with van der Waals surface area (Å²) in [5, 5.41) is 21.4. The maximum atomic E-state index is 12.3. The molecule has 0 radical (unpaired) electrons. The van der Waals surface area contributed by atoms with Gasteiger partial charge in [0, 0.05) is 34.1 Å². The lowest BCUT2D eigenvalue weighted by Crippen LogP contribution is -2.06. The van der Waals surface area contributed by atoms with Crippen molar-refractivity contribution >= 4 is 29.4 Å². The second-order valence-electron chi connectivity index (χ2n) is 8.98. The van der Waals surface area contributed by atoms with E-state index in [4.69, 9.17) is 23.7 Å². The second kappa shape index (κ2) is 12.1. The van der Waals surface area contributed by atoms with Crippen molar-refractivity contribution in [3.63, 3.8) is 0 Å². The third kappa shape index (κ3) is 5.97. The summed E-state index contributed by atoms with van der Waals surface area (Å²) in [4.78, 5) is 24.6. The lowest BCUT2D eigenvalue weighted by atomic mass is 10.0. The van der Waals surface area contributed by atoms with Gasteiger partial charge in [-0.05, 0) is 52.9 Å². The summed E-state index contributed by atoms with van der Waals surface area (Å²) in [5.41, 5.74) is 3.10. The fraction of sp³-hybridized carbons (Fsp3) is 0.161. The van der Waals surface area contributed by atoms with Crippen LogP contribution in [-0.2, 0) is 17.8 Å². The molecule has 210 valence electrons. The predicted octanol–water partition coefficient (Wildman–Crippen LogP) is 6.15. The highest BCUT2D eigenvalue weighted by molar-refractivity contribution is 7.11. The molecule has 0 unspecified atom stereocenters. The molecule has 2 heterocycles.